The lowest BCUT2D eigenvalue weighted by Gasteiger charge is -2.07. The Morgan fingerprint density at radius 2 is 2.04 bits per heavy atom. The summed E-state index contributed by atoms with van der Waals surface area (Å²) in [5.41, 5.74) is 4.08. The van der Waals surface area contributed by atoms with Gasteiger partial charge in [-0.1, -0.05) is 23.8 Å². The van der Waals surface area contributed by atoms with Gasteiger partial charge in [-0.15, -0.1) is 0 Å². The number of carbonyl (C=O) groups excluding carboxylic acids is 1. The van der Waals surface area contributed by atoms with Gasteiger partial charge in [0.2, 0.25) is 0 Å². The zero-order chi connectivity index (χ0) is 16.2. The Kier molecular flexibility index (Phi) is 4.14. The molecule has 0 aliphatic carbocycles. The molecule has 2 amide bonds. The Morgan fingerprint density at radius 1 is 1.17 bits per heavy atom. The summed E-state index contributed by atoms with van der Waals surface area (Å²) >= 11 is 0. The summed E-state index contributed by atoms with van der Waals surface area (Å²) in [4.78, 5) is 24.9. The van der Waals surface area contributed by atoms with E-state index in [0.29, 0.717) is 23.5 Å². The van der Waals surface area contributed by atoms with Crippen molar-refractivity contribution in [1.29, 1.82) is 0 Å². The summed E-state index contributed by atoms with van der Waals surface area (Å²) in [7, 11) is 0. The molecule has 6 nitrogen and oxygen atoms in total. The minimum Gasteiger partial charge on any atom is -0.338 e. The van der Waals surface area contributed by atoms with Crippen LogP contribution in [0, 0.1) is 6.92 Å². The maximum atomic E-state index is 11.6. The monoisotopic (exact) mass is 307 g/mol. The number of anilines is 1. The number of rotatable bonds is 3. The highest BCUT2D eigenvalue weighted by molar-refractivity contribution is 5.89. The molecule has 2 aromatic heterocycles. The van der Waals surface area contributed by atoms with E-state index in [-0.39, 0.29) is 6.03 Å². The molecule has 0 bridgehead atoms. The second kappa shape index (κ2) is 6.39. The van der Waals surface area contributed by atoms with Crippen molar-refractivity contribution >= 4 is 23.0 Å². The minimum absolute atomic E-state index is 0.290. The number of pyridine rings is 1. The maximum absolute atomic E-state index is 11.6. The number of carbonyl (C=O) groups is 1. The van der Waals surface area contributed by atoms with Crippen molar-refractivity contribution in [2.24, 2.45) is 0 Å². The van der Waals surface area contributed by atoms with E-state index >= 15 is 0 Å². The predicted octanol–water partition coefficient (Wildman–Crippen LogP) is 3.14. The average molecular weight is 307 g/mol. The van der Waals surface area contributed by atoms with E-state index in [4.69, 9.17) is 0 Å². The lowest BCUT2D eigenvalue weighted by molar-refractivity contribution is 0.252. The van der Waals surface area contributed by atoms with Crippen molar-refractivity contribution in [2.45, 2.75) is 13.8 Å². The number of nitrogens with one attached hydrogen (secondary N) is 2. The first-order chi connectivity index (χ1) is 11.2. The van der Waals surface area contributed by atoms with Gasteiger partial charge in [0, 0.05) is 12.1 Å². The summed E-state index contributed by atoms with van der Waals surface area (Å²) in [5, 5.41) is 5.33. The summed E-state index contributed by atoms with van der Waals surface area (Å²) < 4.78 is 0. The van der Waals surface area contributed by atoms with E-state index in [1.807, 2.05) is 38.1 Å². The highest BCUT2D eigenvalue weighted by Crippen LogP contribution is 2.20. The fraction of sp³-hybridized carbons (Fsp3) is 0.176. The summed E-state index contributed by atoms with van der Waals surface area (Å²) in [6.45, 7) is 4.44. The Morgan fingerprint density at radius 3 is 2.83 bits per heavy atom. The van der Waals surface area contributed by atoms with Crippen molar-refractivity contribution in [3.63, 3.8) is 0 Å². The van der Waals surface area contributed by atoms with Crippen LogP contribution in [0.25, 0.3) is 22.4 Å². The Balaban J connectivity index is 1.96. The van der Waals surface area contributed by atoms with Crippen LogP contribution in [0.15, 0.2) is 42.6 Å². The zero-order valence-corrected chi connectivity index (χ0v) is 13.0. The molecular formula is C17H17N5O. The van der Waals surface area contributed by atoms with E-state index in [1.165, 1.54) is 0 Å². The Bertz CT molecular complexity index is 862. The molecule has 3 aromatic rings. The molecule has 0 saturated carbocycles. The third-order valence-electron chi connectivity index (χ3n) is 3.30. The van der Waals surface area contributed by atoms with Crippen molar-refractivity contribution < 1.29 is 4.79 Å². The van der Waals surface area contributed by atoms with E-state index in [0.717, 1.165) is 16.8 Å². The molecule has 0 fully saturated rings. The second-order valence-electron chi connectivity index (χ2n) is 5.15. The average Bonchev–Trinajstić information content (AvgIpc) is 2.54. The zero-order valence-electron chi connectivity index (χ0n) is 13.0. The molecule has 0 aliphatic heterocycles. The van der Waals surface area contributed by atoms with Crippen LogP contribution in [0.3, 0.4) is 0 Å². The fourth-order valence-electron chi connectivity index (χ4n) is 2.23. The lowest BCUT2D eigenvalue weighted by atomic mass is 10.1. The first kappa shape index (κ1) is 14.9. The number of urea groups is 1. The van der Waals surface area contributed by atoms with Crippen LogP contribution in [0.1, 0.15) is 12.5 Å². The molecule has 1 aromatic carbocycles. The van der Waals surface area contributed by atoms with Gasteiger partial charge in [-0.3, -0.25) is 10.3 Å². The third kappa shape index (κ3) is 3.42. The van der Waals surface area contributed by atoms with Crippen molar-refractivity contribution in [2.75, 3.05) is 11.9 Å². The van der Waals surface area contributed by atoms with Crippen LogP contribution in [-0.4, -0.2) is 27.5 Å². The molecule has 3 rings (SSSR count). The molecule has 23 heavy (non-hydrogen) atoms. The molecule has 0 aliphatic rings. The number of fused-ring (bicyclic) bond motifs is 1. The molecule has 0 saturated heterocycles. The van der Waals surface area contributed by atoms with Gasteiger partial charge in [0.15, 0.2) is 5.65 Å². The molecule has 116 valence electrons. The fourth-order valence-corrected chi connectivity index (χ4v) is 2.23. The standard InChI is InChI=1S/C17H17N5O/c1-3-18-17(23)22-15-8-7-13-16(21-15)20-14(10-19-13)12-6-4-5-11(2)9-12/h4-10H,3H2,1-2H3,(H2,18,20,21,22,23). The van der Waals surface area contributed by atoms with E-state index in [1.54, 1.807) is 18.3 Å². The number of hydrogen-bond donors (Lipinski definition) is 2. The number of aryl methyl sites for hydroxylation is 1. The van der Waals surface area contributed by atoms with Crippen LogP contribution in [0.5, 0.6) is 0 Å². The molecule has 0 radical (unpaired) electrons. The molecule has 2 heterocycles. The van der Waals surface area contributed by atoms with Crippen LogP contribution >= 0.6 is 0 Å². The minimum atomic E-state index is -0.290. The van der Waals surface area contributed by atoms with Gasteiger partial charge < -0.3 is 5.32 Å². The summed E-state index contributed by atoms with van der Waals surface area (Å²) in [5.74, 6) is 0.444. The van der Waals surface area contributed by atoms with Gasteiger partial charge in [0.1, 0.15) is 11.3 Å². The Labute approximate surface area is 134 Å². The Hall–Kier alpha value is -3.02. The van der Waals surface area contributed by atoms with Gasteiger partial charge in [-0.05, 0) is 32.0 Å². The highest BCUT2D eigenvalue weighted by atomic mass is 16.2. The molecule has 0 unspecified atom stereocenters. The van der Waals surface area contributed by atoms with Crippen LogP contribution in [0.4, 0.5) is 10.6 Å². The molecule has 6 heteroatoms. The van der Waals surface area contributed by atoms with Gasteiger partial charge in [0.25, 0.3) is 0 Å². The highest BCUT2D eigenvalue weighted by Gasteiger charge is 2.07. The van der Waals surface area contributed by atoms with Crippen LogP contribution < -0.4 is 10.6 Å². The number of benzene rings is 1. The topological polar surface area (TPSA) is 79.8 Å². The smallest absolute Gasteiger partial charge is 0.320 e. The van der Waals surface area contributed by atoms with Crippen molar-refractivity contribution in [3.8, 4) is 11.3 Å². The number of amides is 2. The van der Waals surface area contributed by atoms with Crippen LogP contribution in [-0.2, 0) is 0 Å². The SMILES string of the molecule is CCNC(=O)Nc1ccc2ncc(-c3cccc(C)c3)nc2n1. The number of hydrogen-bond acceptors (Lipinski definition) is 4. The van der Waals surface area contributed by atoms with E-state index in [2.05, 4.69) is 25.6 Å². The second-order valence-corrected chi connectivity index (χ2v) is 5.15. The van der Waals surface area contributed by atoms with Gasteiger partial charge in [0.05, 0.1) is 11.9 Å². The molecule has 0 atom stereocenters. The largest absolute Gasteiger partial charge is 0.338 e. The third-order valence-corrected chi connectivity index (χ3v) is 3.30. The summed E-state index contributed by atoms with van der Waals surface area (Å²) in [6, 6.07) is 11.3. The summed E-state index contributed by atoms with van der Waals surface area (Å²) in [6.07, 6.45) is 1.73. The molecular weight excluding hydrogens is 290 g/mol. The van der Waals surface area contributed by atoms with Crippen molar-refractivity contribution in [1.82, 2.24) is 20.3 Å². The normalized spacial score (nSPS) is 10.5. The van der Waals surface area contributed by atoms with Crippen molar-refractivity contribution in [3.05, 3.63) is 48.2 Å². The lowest BCUT2D eigenvalue weighted by Crippen LogP contribution is -2.28. The van der Waals surface area contributed by atoms with Gasteiger partial charge in [-0.2, -0.15) is 0 Å². The van der Waals surface area contributed by atoms with Gasteiger partial charge >= 0.3 is 6.03 Å². The first-order valence-electron chi connectivity index (χ1n) is 7.41. The first-order valence-corrected chi connectivity index (χ1v) is 7.41. The maximum Gasteiger partial charge on any atom is 0.320 e. The number of aromatic nitrogens is 3. The number of nitrogens with zero attached hydrogens (tertiary/aromatic N) is 3. The molecule has 0 spiro atoms. The van der Waals surface area contributed by atoms with E-state index < -0.39 is 0 Å². The van der Waals surface area contributed by atoms with E-state index in [9.17, 15) is 4.79 Å². The van der Waals surface area contributed by atoms with Crippen LogP contribution in [0.2, 0.25) is 0 Å². The molecule has 2 N–H and O–H groups in total. The quantitative estimate of drug-likeness (QED) is 0.779. The predicted molar refractivity (Wildman–Crippen MR) is 90.2 cm³/mol. The van der Waals surface area contributed by atoms with Gasteiger partial charge in [-0.25, -0.2) is 14.8 Å².